The van der Waals surface area contributed by atoms with Crippen molar-refractivity contribution in [3.63, 3.8) is 0 Å². The molecule has 0 atom stereocenters. The van der Waals surface area contributed by atoms with Crippen LogP contribution in [0.5, 0.6) is 0 Å². The molecule has 0 bridgehead atoms. The van der Waals surface area contributed by atoms with Gasteiger partial charge in [0.25, 0.3) is 0 Å². The fourth-order valence-corrected chi connectivity index (χ4v) is 19.7. The minimum absolute atomic E-state index is 0.0754. The van der Waals surface area contributed by atoms with Crippen molar-refractivity contribution in [3.05, 3.63) is 367 Å². The fraction of sp³-hybridized carbons (Fsp3) is 0.0833. The zero-order chi connectivity index (χ0) is 77.5. The Balaban J connectivity index is 0.000000103. The second-order valence-corrected chi connectivity index (χ2v) is 32.8. The lowest BCUT2D eigenvalue weighted by Crippen LogP contribution is -2.16. The molecule has 0 N–H and O–H groups in total. The number of fused-ring (bicyclic) bond motifs is 24. The van der Waals surface area contributed by atoms with Gasteiger partial charge in [0.1, 0.15) is 33.5 Å². The highest BCUT2D eigenvalue weighted by molar-refractivity contribution is 6.16. The number of pyridine rings is 1. The first-order chi connectivity index (χ1) is 56.8. The Kier molecular flexibility index (Phi) is 14.6. The summed E-state index contributed by atoms with van der Waals surface area (Å²) in [6.45, 7) is 13.9. The van der Waals surface area contributed by atoms with Crippen LogP contribution in [0.3, 0.4) is 0 Å². The number of benzene rings is 16. The normalized spacial score (nSPS) is 13.8. The summed E-state index contributed by atoms with van der Waals surface area (Å²) in [5.41, 5.74) is 32.4. The molecule has 6 aromatic heterocycles. The molecule has 0 amide bonds. The third kappa shape index (κ3) is 10.1. The highest BCUT2D eigenvalue weighted by Gasteiger charge is 2.42. The van der Waals surface area contributed by atoms with Gasteiger partial charge in [-0.1, -0.05) is 290 Å². The van der Waals surface area contributed by atoms with E-state index in [0.717, 1.165) is 116 Å². The Morgan fingerprint density at radius 3 is 1.34 bits per heavy atom. The van der Waals surface area contributed by atoms with Crippen LogP contribution in [-0.2, 0) is 16.2 Å². The molecule has 0 radical (unpaired) electrons. The Labute approximate surface area is 668 Å². The third-order valence-electron chi connectivity index (χ3n) is 25.2. The van der Waals surface area contributed by atoms with Gasteiger partial charge in [0, 0.05) is 93.0 Å². The standard InChI is InChI=1S/C39H26N2O.C35H24N2O.C34H23NO/c1-39(2)33-21-36-32(27-13-6-8-17-35(27)42-36)20-31(33)29-15-9-14-28(37(29)39)26-18-19-30(25-12-5-4-11-24(25)26)38-40-22-23-10-3-7-16-34(23)41-38;1-35(2)28-17-8-6-13-22(28)26-19-27-23-15-10-16-25(33(23)38-31(27)20-29(26)35)34-36-30-18-9-7-14-24(30)32(37-34)21-11-4-3-5-12-21;1-34(2)28-19-31-27(22-12-6-8-17-30(22)36-31)18-26(28)23-14-9-15-25(32(23)34)33-24-13-4-3-10-20(24)21-11-5-7-16-29(21)35-33/h3-22H,1-2H3;3-20H,1-2H3;3-19H,1-2H3. The molecule has 22 aromatic rings. The second kappa shape index (κ2) is 25.3. The maximum atomic E-state index is 6.63. The van der Waals surface area contributed by atoms with E-state index in [2.05, 4.69) is 302 Å². The zero-order valence-electron chi connectivity index (χ0n) is 64.7. The van der Waals surface area contributed by atoms with Gasteiger partial charge in [-0.2, -0.15) is 0 Å². The van der Waals surface area contributed by atoms with Gasteiger partial charge in [-0.3, -0.25) is 0 Å². The van der Waals surface area contributed by atoms with Crippen molar-refractivity contribution in [2.75, 3.05) is 0 Å². The van der Waals surface area contributed by atoms with Crippen molar-refractivity contribution < 1.29 is 13.3 Å². The number of rotatable bonds is 5. The average Bonchev–Trinajstić information content (AvgIpc) is 1.55. The predicted octanol–water partition coefficient (Wildman–Crippen LogP) is 28.8. The Morgan fingerprint density at radius 2 is 0.664 bits per heavy atom. The lowest BCUT2D eigenvalue weighted by Gasteiger charge is -2.25. The molecule has 0 saturated heterocycles. The second-order valence-electron chi connectivity index (χ2n) is 32.8. The van der Waals surface area contributed by atoms with Gasteiger partial charge in [-0.05, 0) is 173 Å². The maximum Gasteiger partial charge on any atom is 0.164 e. The quantitative estimate of drug-likeness (QED) is 0.157. The average molecular weight is 1490 g/mol. The Hall–Kier alpha value is -14.5. The molecule has 16 aromatic carbocycles. The Bertz CT molecular complexity index is 7950. The summed E-state index contributed by atoms with van der Waals surface area (Å²) in [4.78, 5) is 25.0. The predicted molar refractivity (Wildman–Crippen MR) is 478 cm³/mol. The first-order valence-corrected chi connectivity index (χ1v) is 39.9. The number of hydrogen-bond donors (Lipinski definition) is 0. The van der Waals surface area contributed by atoms with Gasteiger partial charge in [0.05, 0.1) is 33.5 Å². The first kappa shape index (κ1) is 67.2. The Morgan fingerprint density at radius 1 is 0.224 bits per heavy atom. The van der Waals surface area contributed by atoms with E-state index in [0.29, 0.717) is 5.82 Å². The van der Waals surface area contributed by atoms with Gasteiger partial charge < -0.3 is 13.3 Å². The van der Waals surface area contributed by atoms with Crippen molar-refractivity contribution in [3.8, 4) is 89.8 Å². The SMILES string of the molecule is CC1(C)c2cc3oc4ccccc4c3cc2-c2cccc(-c3ccc(-c4ncc5ccccc5n4)c4ccccc34)c21.CC1(C)c2cc3oc4ccccc4c3cc2-c2cccc(-c3nc4ccccc4c4ccccc34)c21.CC1(C)c2ccccc2-c2cc3c(cc21)oc1c(-c2nc(-c4ccccc4)c4ccccc4n2)cccc13. The highest BCUT2D eigenvalue weighted by Crippen LogP contribution is 2.58. The molecule has 8 heteroatoms. The topological polar surface area (TPSA) is 104 Å². The van der Waals surface area contributed by atoms with Crippen LogP contribution in [-0.4, -0.2) is 24.9 Å². The molecule has 3 aliphatic carbocycles. The minimum atomic E-state index is -0.199. The molecule has 25 rings (SSSR count). The van der Waals surface area contributed by atoms with E-state index in [1.165, 1.54) is 121 Å². The van der Waals surface area contributed by atoms with E-state index in [1.54, 1.807) is 0 Å². The summed E-state index contributed by atoms with van der Waals surface area (Å²) in [5, 5.41) is 14.9. The van der Waals surface area contributed by atoms with Gasteiger partial charge >= 0.3 is 0 Å². The summed E-state index contributed by atoms with van der Waals surface area (Å²) in [5.74, 6) is 1.42. The summed E-state index contributed by atoms with van der Waals surface area (Å²) < 4.78 is 19.2. The van der Waals surface area contributed by atoms with E-state index < -0.39 is 0 Å². The summed E-state index contributed by atoms with van der Waals surface area (Å²) >= 11 is 0. The molecular weight excluding hydrogens is 1420 g/mol. The molecule has 3 aliphatic rings. The van der Waals surface area contributed by atoms with Gasteiger partial charge in [-0.15, -0.1) is 0 Å². The van der Waals surface area contributed by atoms with E-state index in [4.69, 9.17) is 38.2 Å². The lowest BCUT2D eigenvalue weighted by atomic mass is 9.78. The largest absolute Gasteiger partial charge is 0.456 e. The van der Waals surface area contributed by atoms with E-state index >= 15 is 0 Å². The molecule has 0 aliphatic heterocycles. The number of nitrogens with zero attached hydrogens (tertiary/aromatic N) is 5. The molecule has 0 fully saturated rings. The molecular formula is C108H73N5O3. The molecule has 0 spiro atoms. The van der Waals surface area contributed by atoms with E-state index in [-0.39, 0.29) is 16.2 Å². The monoisotopic (exact) mass is 1490 g/mol. The van der Waals surface area contributed by atoms with Crippen molar-refractivity contribution >= 4 is 120 Å². The van der Waals surface area contributed by atoms with Crippen LogP contribution in [0.15, 0.2) is 347 Å². The van der Waals surface area contributed by atoms with Crippen molar-refractivity contribution in [2.24, 2.45) is 0 Å². The lowest BCUT2D eigenvalue weighted by molar-refractivity contribution is 0.647. The van der Waals surface area contributed by atoms with Crippen LogP contribution in [0.25, 0.3) is 210 Å². The molecule has 0 saturated carbocycles. The van der Waals surface area contributed by atoms with Crippen LogP contribution in [0.2, 0.25) is 0 Å². The summed E-state index contributed by atoms with van der Waals surface area (Å²) in [6, 6.07) is 116. The van der Waals surface area contributed by atoms with Gasteiger partial charge in [-0.25, -0.2) is 24.9 Å². The van der Waals surface area contributed by atoms with Crippen LogP contribution in [0, 0.1) is 0 Å². The van der Waals surface area contributed by atoms with Gasteiger partial charge in [0.2, 0.25) is 0 Å². The van der Waals surface area contributed by atoms with Crippen LogP contribution < -0.4 is 0 Å². The number of aromatic nitrogens is 5. The maximum absolute atomic E-state index is 6.63. The summed E-state index contributed by atoms with van der Waals surface area (Å²) in [7, 11) is 0. The molecule has 6 heterocycles. The zero-order valence-corrected chi connectivity index (χ0v) is 64.7. The minimum Gasteiger partial charge on any atom is -0.456 e. The van der Waals surface area contributed by atoms with E-state index in [1.807, 2.05) is 72.9 Å². The van der Waals surface area contributed by atoms with Crippen LogP contribution in [0.4, 0.5) is 0 Å². The fourth-order valence-electron chi connectivity index (χ4n) is 19.7. The number of hydrogen-bond acceptors (Lipinski definition) is 8. The van der Waals surface area contributed by atoms with Crippen molar-refractivity contribution in [1.82, 2.24) is 24.9 Å². The summed E-state index contributed by atoms with van der Waals surface area (Å²) in [6.07, 6.45) is 1.92. The number of para-hydroxylation sites is 6. The molecule has 0 unspecified atom stereocenters. The van der Waals surface area contributed by atoms with Crippen molar-refractivity contribution in [2.45, 2.75) is 57.8 Å². The molecule has 8 nitrogen and oxygen atoms in total. The highest BCUT2D eigenvalue weighted by atomic mass is 16.3. The van der Waals surface area contributed by atoms with Gasteiger partial charge in [0.15, 0.2) is 11.6 Å². The third-order valence-corrected chi connectivity index (χ3v) is 25.2. The first-order valence-electron chi connectivity index (χ1n) is 39.9. The van der Waals surface area contributed by atoms with Crippen molar-refractivity contribution in [1.29, 1.82) is 0 Å². The molecule has 548 valence electrons. The van der Waals surface area contributed by atoms with E-state index in [9.17, 15) is 0 Å². The molecule has 116 heavy (non-hydrogen) atoms. The number of furan rings is 3. The van der Waals surface area contributed by atoms with Crippen LogP contribution >= 0.6 is 0 Å². The van der Waals surface area contributed by atoms with Crippen LogP contribution in [0.1, 0.15) is 74.9 Å². The smallest absolute Gasteiger partial charge is 0.164 e.